The molecule has 13 heavy (non-hydrogen) atoms. The second-order valence-electron chi connectivity index (χ2n) is 2.25. The number of hydrogen-bond donors (Lipinski definition) is 1. The van der Waals surface area contributed by atoms with Crippen molar-refractivity contribution in [1.82, 2.24) is 0 Å². The molecule has 1 aromatic carbocycles. The van der Waals surface area contributed by atoms with Crippen molar-refractivity contribution < 1.29 is 17.8 Å². The number of benzene rings is 1. The van der Waals surface area contributed by atoms with E-state index in [9.17, 15) is 9.59 Å². The van der Waals surface area contributed by atoms with E-state index in [2.05, 4.69) is 0 Å². The largest absolute Gasteiger partial charge is 0.478 e. The zero-order chi connectivity index (χ0) is 9.84. The van der Waals surface area contributed by atoms with Crippen LogP contribution in [-0.2, 0) is 0 Å². The summed E-state index contributed by atoms with van der Waals surface area (Å²) in [6, 6.07) is 4.06. The maximum Gasteiger partial charge on any atom is 0.335 e. The lowest BCUT2D eigenvalue weighted by atomic mass is 10.1. The zero-order valence-corrected chi connectivity index (χ0v) is 8.52. The first-order valence-corrected chi connectivity index (χ1v) is 4.18. The number of hydrogen-bond acceptors (Lipinski definition) is 3. The van der Waals surface area contributed by atoms with Crippen LogP contribution in [0.15, 0.2) is 18.2 Å². The number of carbonyl (C=O) groups excluding carboxylic acids is 1. The normalized spacial score (nSPS) is 9.31. The van der Waals surface area contributed by atoms with E-state index in [1.807, 2.05) is 0 Å². The van der Waals surface area contributed by atoms with E-state index in [1.165, 1.54) is 18.2 Å². The SMILES string of the molecule is O=Cc1ccc(C(=O)O)cc1OI. The van der Waals surface area contributed by atoms with Gasteiger partial charge in [-0.1, -0.05) is 0 Å². The monoisotopic (exact) mass is 292 g/mol. The molecule has 0 spiro atoms. The second kappa shape index (κ2) is 4.22. The lowest BCUT2D eigenvalue weighted by Gasteiger charge is -2.01. The lowest BCUT2D eigenvalue weighted by Crippen LogP contribution is -1.97. The summed E-state index contributed by atoms with van der Waals surface area (Å²) in [4.78, 5) is 21.0. The van der Waals surface area contributed by atoms with Gasteiger partial charge in [-0.3, -0.25) is 4.79 Å². The maximum atomic E-state index is 10.5. The standard InChI is InChI=1S/C8H5IO4/c9-13-7-3-5(8(11)12)1-2-6(7)4-10/h1-4H,(H,11,12). The third kappa shape index (κ3) is 2.18. The lowest BCUT2D eigenvalue weighted by molar-refractivity contribution is 0.0696. The Kier molecular flexibility index (Phi) is 3.24. The van der Waals surface area contributed by atoms with Crippen LogP contribution in [0.3, 0.4) is 0 Å². The molecule has 1 rings (SSSR count). The Morgan fingerprint density at radius 2 is 2.23 bits per heavy atom. The second-order valence-corrected chi connectivity index (χ2v) is 2.69. The highest BCUT2D eigenvalue weighted by atomic mass is 127. The minimum absolute atomic E-state index is 0.0947. The fourth-order valence-electron chi connectivity index (χ4n) is 0.832. The van der Waals surface area contributed by atoms with Gasteiger partial charge in [-0.25, -0.2) is 4.79 Å². The predicted molar refractivity (Wildman–Crippen MR) is 53.4 cm³/mol. The molecule has 0 fully saturated rings. The summed E-state index contributed by atoms with van der Waals surface area (Å²) in [5, 5.41) is 8.62. The predicted octanol–water partition coefficient (Wildman–Crippen LogP) is 1.93. The van der Waals surface area contributed by atoms with Crippen molar-refractivity contribution in [1.29, 1.82) is 0 Å². The van der Waals surface area contributed by atoms with Crippen molar-refractivity contribution in [2.45, 2.75) is 0 Å². The number of aldehydes is 1. The van der Waals surface area contributed by atoms with Crippen LogP contribution < -0.4 is 3.07 Å². The van der Waals surface area contributed by atoms with Gasteiger partial charge in [0.1, 0.15) is 5.75 Å². The smallest absolute Gasteiger partial charge is 0.335 e. The van der Waals surface area contributed by atoms with E-state index >= 15 is 0 Å². The molecule has 0 unspecified atom stereocenters. The molecule has 0 amide bonds. The Morgan fingerprint density at radius 1 is 1.54 bits per heavy atom. The minimum Gasteiger partial charge on any atom is -0.478 e. The third-order valence-corrected chi connectivity index (χ3v) is 1.95. The Morgan fingerprint density at radius 3 is 2.69 bits per heavy atom. The zero-order valence-electron chi connectivity index (χ0n) is 6.36. The minimum atomic E-state index is -1.05. The molecule has 0 aliphatic heterocycles. The topological polar surface area (TPSA) is 63.6 Å². The van der Waals surface area contributed by atoms with Gasteiger partial charge in [-0.2, -0.15) is 0 Å². The van der Waals surface area contributed by atoms with Crippen molar-refractivity contribution in [3.8, 4) is 5.75 Å². The first-order chi connectivity index (χ1) is 6.19. The van der Waals surface area contributed by atoms with Crippen LogP contribution in [0.5, 0.6) is 5.75 Å². The van der Waals surface area contributed by atoms with Gasteiger partial charge >= 0.3 is 5.97 Å². The van der Waals surface area contributed by atoms with E-state index in [0.717, 1.165) is 0 Å². The molecule has 0 bridgehead atoms. The van der Waals surface area contributed by atoms with Gasteiger partial charge in [0.05, 0.1) is 11.1 Å². The Bertz CT molecular complexity index is 348. The number of aromatic carboxylic acids is 1. The first kappa shape index (κ1) is 9.97. The van der Waals surface area contributed by atoms with Gasteiger partial charge in [0, 0.05) is 0 Å². The Balaban J connectivity index is 3.20. The van der Waals surface area contributed by atoms with Crippen LogP contribution in [0.4, 0.5) is 0 Å². The molecule has 4 nitrogen and oxygen atoms in total. The van der Waals surface area contributed by atoms with E-state index in [0.29, 0.717) is 11.8 Å². The van der Waals surface area contributed by atoms with Gasteiger partial charge in [0.25, 0.3) is 0 Å². The molecule has 1 N–H and O–H groups in total. The van der Waals surface area contributed by atoms with E-state index < -0.39 is 5.97 Å². The van der Waals surface area contributed by atoms with Gasteiger partial charge in [-0.05, 0) is 18.2 Å². The maximum absolute atomic E-state index is 10.5. The van der Waals surface area contributed by atoms with Crippen molar-refractivity contribution in [3.05, 3.63) is 29.3 Å². The summed E-state index contributed by atoms with van der Waals surface area (Å²) in [7, 11) is 0. The van der Waals surface area contributed by atoms with Crippen LogP contribution in [0.25, 0.3) is 0 Å². The summed E-state index contributed by atoms with van der Waals surface area (Å²) in [6.45, 7) is 0. The molecule has 0 saturated heterocycles. The van der Waals surface area contributed by atoms with Crippen molar-refractivity contribution in [2.24, 2.45) is 0 Å². The van der Waals surface area contributed by atoms with Crippen molar-refractivity contribution in [2.75, 3.05) is 0 Å². The summed E-state index contributed by atoms with van der Waals surface area (Å²) >= 11 is 1.59. The highest BCUT2D eigenvalue weighted by molar-refractivity contribution is 14.1. The number of carboxylic acid groups (broad SMARTS) is 1. The summed E-state index contributed by atoms with van der Waals surface area (Å²) in [5.74, 6) is -0.789. The fraction of sp³-hybridized carbons (Fsp3) is 0. The van der Waals surface area contributed by atoms with Crippen LogP contribution in [0, 0.1) is 0 Å². The van der Waals surface area contributed by atoms with E-state index in [-0.39, 0.29) is 11.3 Å². The molecule has 68 valence electrons. The average Bonchev–Trinajstić information content (AvgIpc) is 2.16. The molecule has 0 radical (unpaired) electrons. The van der Waals surface area contributed by atoms with Gasteiger partial charge in [0.2, 0.25) is 0 Å². The summed E-state index contributed by atoms with van der Waals surface area (Å²) in [6.07, 6.45) is 0.611. The summed E-state index contributed by atoms with van der Waals surface area (Å²) in [5.41, 5.74) is 0.427. The number of halogens is 1. The van der Waals surface area contributed by atoms with Crippen LogP contribution in [-0.4, -0.2) is 17.4 Å². The number of rotatable bonds is 3. The fourth-order valence-corrected chi connectivity index (χ4v) is 1.21. The van der Waals surface area contributed by atoms with Gasteiger partial charge < -0.3 is 8.17 Å². The number of carboxylic acids is 1. The van der Waals surface area contributed by atoms with Crippen molar-refractivity contribution in [3.63, 3.8) is 0 Å². The van der Waals surface area contributed by atoms with Crippen molar-refractivity contribution >= 4 is 35.3 Å². The highest BCUT2D eigenvalue weighted by Gasteiger charge is 2.08. The quantitative estimate of drug-likeness (QED) is 0.683. The van der Waals surface area contributed by atoms with Crippen LogP contribution in [0.1, 0.15) is 20.7 Å². The first-order valence-electron chi connectivity index (χ1n) is 3.30. The number of carbonyl (C=O) groups is 2. The molecule has 0 heterocycles. The third-order valence-electron chi connectivity index (χ3n) is 1.47. The van der Waals surface area contributed by atoms with Crippen LogP contribution >= 0.6 is 23.0 Å². The Labute approximate surface area is 88.2 Å². The molecule has 0 aliphatic rings. The van der Waals surface area contributed by atoms with E-state index in [4.69, 9.17) is 8.17 Å². The molecule has 1 aromatic rings. The highest BCUT2D eigenvalue weighted by Crippen LogP contribution is 2.20. The van der Waals surface area contributed by atoms with Gasteiger partial charge in [-0.15, -0.1) is 0 Å². The van der Waals surface area contributed by atoms with Crippen LogP contribution in [0.2, 0.25) is 0 Å². The molecule has 0 aliphatic carbocycles. The molecular weight excluding hydrogens is 287 g/mol. The average molecular weight is 292 g/mol. The molecule has 0 atom stereocenters. The Hall–Kier alpha value is -1.11. The van der Waals surface area contributed by atoms with E-state index in [1.54, 1.807) is 23.0 Å². The molecule has 0 saturated carbocycles. The molecule has 0 aromatic heterocycles. The summed E-state index contributed by atoms with van der Waals surface area (Å²) < 4.78 is 4.80. The molecular formula is C8H5IO4. The molecule has 5 heteroatoms. The van der Waals surface area contributed by atoms with Gasteiger partial charge in [0.15, 0.2) is 29.3 Å².